The van der Waals surface area contributed by atoms with E-state index < -0.39 is 17.8 Å². The van der Waals surface area contributed by atoms with Crippen LogP contribution in [0.1, 0.15) is 33.3 Å². The number of hydrazone groups is 1. The monoisotopic (exact) mass is 421 g/mol. The second-order valence-corrected chi connectivity index (χ2v) is 6.65. The minimum Gasteiger partial charge on any atom is -0.455 e. The van der Waals surface area contributed by atoms with Crippen LogP contribution in [0.2, 0.25) is 0 Å². The minimum absolute atomic E-state index is 0.0219. The molecule has 0 saturated carbocycles. The Morgan fingerprint density at radius 2 is 2.00 bits per heavy atom. The van der Waals surface area contributed by atoms with Gasteiger partial charge in [0, 0.05) is 18.1 Å². The highest BCUT2D eigenvalue weighted by Crippen LogP contribution is 2.30. The van der Waals surface area contributed by atoms with Crippen LogP contribution in [0.5, 0.6) is 0 Å². The number of aryl methyl sites for hydroxylation is 1. The van der Waals surface area contributed by atoms with Gasteiger partial charge in [-0.1, -0.05) is 11.8 Å². The van der Waals surface area contributed by atoms with E-state index in [1.54, 1.807) is 30.6 Å². The Kier molecular flexibility index (Phi) is 6.27. The van der Waals surface area contributed by atoms with Crippen molar-refractivity contribution in [2.24, 2.45) is 5.10 Å². The van der Waals surface area contributed by atoms with Gasteiger partial charge in [0.1, 0.15) is 11.5 Å². The summed E-state index contributed by atoms with van der Waals surface area (Å²) in [5.41, 5.74) is 2.29. The summed E-state index contributed by atoms with van der Waals surface area (Å²) in [6.07, 6.45) is 0.0901. The molecule has 0 bridgehead atoms. The molecule has 3 aromatic rings. The fraction of sp³-hybridized carbons (Fsp3) is 0.167. The molecule has 3 aromatic heterocycles. The Hall–Kier alpha value is -3.21. The molecule has 29 heavy (non-hydrogen) atoms. The zero-order valence-electron chi connectivity index (χ0n) is 15.0. The van der Waals surface area contributed by atoms with Crippen LogP contribution in [0.4, 0.5) is 13.2 Å². The molecular weight excluding hydrogens is 407 g/mol. The summed E-state index contributed by atoms with van der Waals surface area (Å²) in [6.45, 7) is 1.46. The lowest BCUT2D eigenvalue weighted by atomic mass is 10.3. The predicted molar refractivity (Wildman–Crippen MR) is 99.3 cm³/mol. The van der Waals surface area contributed by atoms with Crippen LogP contribution in [-0.2, 0) is 11.9 Å². The highest BCUT2D eigenvalue weighted by molar-refractivity contribution is 7.98. The summed E-state index contributed by atoms with van der Waals surface area (Å²) in [5, 5.41) is 3.79. The lowest BCUT2D eigenvalue weighted by Crippen LogP contribution is -2.16. The number of rotatable bonds is 6. The second kappa shape index (κ2) is 8.86. The quantitative estimate of drug-likeness (QED) is 0.281. The van der Waals surface area contributed by atoms with Gasteiger partial charge in [-0.15, -0.1) is 0 Å². The standard InChI is InChI=1S/C18H14F3N5O2S/c1-11-8-15(18(19,20)21)25-17(24-11)29-10-13-2-3-14(28-13)16(27)26-23-9-12-4-6-22-7-5-12/h2-9H,10H2,1H3,(H,26,27)/b23-9-. The van der Waals surface area contributed by atoms with Crippen molar-refractivity contribution in [3.63, 3.8) is 0 Å². The fourth-order valence-electron chi connectivity index (χ4n) is 2.13. The maximum absolute atomic E-state index is 12.8. The molecule has 0 atom stereocenters. The Morgan fingerprint density at radius 1 is 1.24 bits per heavy atom. The predicted octanol–water partition coefficient (Wildman–Crippen LogP) is 3.85. The maximum Gasteiger partial charge on any atom is 0.433 e. The van der Waals surface area contributed by atoms with Crippen LogP contribution in [0.25, 0.3) is 0 Å². The van der Waals surface area contributed by atoms with Crippen LogP contribution in [-0.4, -0.2) is 27.1 Å². The zero-order chi connectivity index (χ0) is 20.9. The van der Waals surface area contributed by atoms with Crippen molar-refractivity contribution < 1.29 is 22.4 Å². The Bertz CT molecular complexity index is 1020. The van der Waals surface area contributed by atoms with Crippen LogP contribution in [0, 0.1) is 6.92 Å². The SMILES string of the molecule is Cc1cc(C(F)(F)F)nc(SCc2ccc(C(=O)N/N=C\c3ccncc3)o2)n1. The van der Waals surface area contributed by atoms with Gasteiger partial charge in [0.2, 0.25) is 0 Å². The van der Waals surface area contributed by atoms with Crippen LogP contribution in [0.3, 0.4) is 0 Å². The first-order chi connectivity index (χ1) is 13.8. The summed E-state index contributed by atoms with van der Waals surface area (Å²) in [4.78, 5) is 23.4. The van der Waals surface area contributed by atoms with Gasteiger partial charge in [-0.3, -0.25) is 9.78 Å². The van der Waals surface area contributed by atoms with E-state index in [1.807, 2.05) is 0 Å². The molecule has 1 N–H and O–H groups in total. The first kappa shape index (κ1) is 20.5. The van der Waals surface area contributed by atoms with Crippen molar-refractivity contribution in [3.8, 4) is 0 Å². The molecule has 3 heterocycles. The van der Waals surface area contributed by atoms with Crippen molar-refractivity contribution in [1.82, 2.24) is 20.4 Å². The number of amides is 1. The number of hydrogen-bond acceptors (Lipinski definition) is 7. The molecule has 0 radical (unpaired) electrons. The molecule has 0 unspecified atom stereocenters. The number of aromatic nitrogens is 3. The number of alkyl halides is 3. The van der Waals surface area contributed by atoms with Gasteiger partial charge in [0.25, 0.3) is 0 Å². The Morgan fingerprint density at radius 3 is 2.72 bits per heavy atom. The number of carbonyl (C=O) groups is 1. The summed E-state index contributed by atoms with van der Waals surface area (Å²) >= 11 is 0.975. The van der Waals surface area contributed by atoms with E-state index in [9.17, 15) is 18.0 Å². The number of hydrogen-bond donors (Lipinski definition) is 1. The normalized spacial score (nSPS) is 11.7. The van der Waals surface area contributed by atoms with Gasteiger partial charge >= 0.3 is 12.1 Å². The number of pyridine rings is 1. The summed E-state index contributed by atoms with van der Waals surface area (Å²) in [7, 11) is 0. The van der Waals surface area contributed by atoms with Gasteiger partial charge < -0.3 is 4.42 Å². The Balaban J connectivity index is 1.58. The van der Waals surface area contributed by atoms with Crippen molar-refractivity contribution in [3.05, 3.63) is 71.2 Å². The van der Waals surface area contributed by atoms with E-state index in [4.69, 9.17) is 4.42 Å². The van der Waals surface area contributed by atoms with E-state index in [0.717, 1.165) is 23.4 Å². The third-order valence-corrected chi connectivity index (χ3v) is 4.31. The van der Waals surface area contributed by atoms with E-state index in [1.165, 1.54) is 19.2 Å². The van der Waals surface area contributed by atoms with E-state index >= 15 is 0 Å². The molecular formula is C18H14F3N5O2S. The number of carbonyl (C=O) groups excluding carboxylic acids is 1. The van der Waals surface area contributed by atoms with E-state index in [-0.39, 0.29) is 22.4 Å². The first-order valence-corrected chi connectivity index (χ1v) is 9.17. The maximum atomic E-state index is 12.8. The number of nitrogens with one attached hydrogen (secondary N) is 1. The summed E-state index contributed by atoms with van der Waals surface area (Å²) in [5.74, 6) is 0.0113. The molecule has 0 aliphatic carbocycles. The number of nitrogens with zero attached hydrogens (tertiary/aromatic N) is 4. The van der Waals surface area contributed by atoms with Crippen molar-refractivity contribution in [2.45, 2.75) is 24.0 Å². The molecule has 1 amide bonds. The third kappa shape index (κ3) is 5.88. The molecule has 0 fully saturated rings. The lowest BCUT2D eigenvalue weighted by molar-refractivity contribution is -0.141. The molecule has 0 aliphatic heterocycles. The highest BCUT2D eigenvalue weighted by Gasteiger charge is 2.33. The van der Waals surface area contributed by atoms with Crippen molar-refractivity contribution in [1.29, 1.82) is 0 Å². The molecule has 0 saturated heterocycles. The molecule has 3 rings (SSSR count). The smallest absolute Gasteiger partial charge is 0.433 e. The Labute approximate surface area is 167 Å². The number of thioether (sulfide) groups is 1. The third-order valence-electron chi connectivity index (χ3n) is 3.44. The summed E-state index contributed by atoms with van der Waals surface area (Å²) in [6, 6.07) is 7.32. The first-order valence-electron chi connectivity index (χ1n) is 8.19. The average molecular weight is 421 g/mol. The largest absolute Gasteiger partial charge is 0.455 e. The van der Waals surface area contributed by atoms with Crippen LogP contribution in [0.15, 0.2) is 57.4 Å². The molecule has 150 valence electrons. The van der Waals surface area contributed by atoms with Crippen LogP contribution < -0.4 is 5.43 Å². The lowest BCUT2D eigenvalue weighted by Gasteiger charge is -2.08. The molecule has 0 spiro atoms. The van der Waals surface area contributed by atoms with Crippen LogP contribution >= 0.6 is 11.8 Å². The van der Waals surface area contributed by atoms with Gasteiger partial charge in [0.15, 0.2) is 10.9 Å². The van der Waals surface area contributed by atoms with Gasteiger partial charge in [-0.05, 0) is 42.8 Å². The molecule has 0 aromatic carbocycles. The van der Waals surface area contributed by atoms with Crippen molar-refractivity contribution >= 4 is 23.9 Å². The van der Waals surface area contributed by atoms with E-state index in [2.05, 4.69) is 25.5 Å². The molecule has 11 heteroatoms. The van der Waals surface area contributed by atoms with Gasteiger partial charge in [0.05, 0.1) is 12.0 Å². The highest BCUT2D eigenvalue weighted by atomic mass is 32.2. The second-order valence-electron chi connectivity index (χ2n) is 5.71. The van der Waals surface area contributed by atoms with Gasteiger partial charge in [-0.2, -0.15) is 18.3 Å². The van der Waals surface area contributed by atoms with Gasteiger partial charge in [-0.25, -0.2) is 15.4 Å². The zero-order valence-corrected chi connectivity index (χ0v) is 15.8. The number of furan rings is 1. The molecule has 0 aliphatic rings. The molecule has 7 nitrogen and oxygen atoms in total. The minimum atomic E-state index is -4.55. The fourth-order valence-corrected chi connectivity index (χ4v) is 2.93. The number of halogens is 3. The van der Waals surface area contributed by atoms with E-state index in [0.29, 0.717) is 5.76 Å². The topological polar surface area (TPSA) is 93.3 Å². The average Bonchev–Trinajstić information content (AvgIpc) is 3.15. The van der Waals surface area contributed by atoms with Crippen molar-refractivity contribution in [2.75, 3.05) is 0 Å². The summed E-state index contributed by atoms with van der Waals surface area (Å²) < 4.78 is 43.9.